The lowest BCUT2D eigenvalue weighted by atomic mass is 10.5. The van der Waals surface area contributed by atoms with Gasteiger partial charge in [0.1, 0.15) is 0 Å². The van der Waals surface area contributed by atoms with Gasteiger partial charge >= 0.3 is 0 Å². The normalized spacial score (nSPS) is 12.0. The maximum Gasteiger partial charge on any atom is 0.187 e. The lowest BCUT2D eigenvalue weighted by Gasteiger charge is -1.90. The molecule has 0 aromatic carbocycles. The van der Waals surface area contributed by atoms with Crippen molar-refractivity contribution in [2.45, 2.75) is 6.92 Å². The number of nitrogens with one attached hydrogen (secondary N) is 2. The lowest BCUT2D eigenvalue weighted by Crippen LogP contribution is -2.19. The van der Waals surface area contributed by atoms with Crippen LogP contribution in [0.15, 0.2) is 15.6 Å². The van der Waals surface area contributed by atoms with Crippen molar-refractivity contribution >= 4 is 33.8 Å². The van der Waals surface area contributed by atoms with Crippen LogP contribution in [-0.2, 0) is 0 Å². The minimum atomic E-state index is -0.336. The van der Waals surface area contributed by atoms with E-state index in [1.165, 1.54) is 6.21 Å². The number of allylic oxidation sites excluding steroid dienone is 2. The highest BCUT2D eigenvalue weighted by atomic mass is 79.9. The molecule has 0 fully saturated rings. The van der Waals surface area contributed by atoms with Crippen LogP contribution in [0.25, 0.3) is 0 Å². The highest BCUT2D eigenvalue weighted by Gasteiger charge is 1.93. The summed E-state index contributed by atoms with van der Waals surface area (Å²) in [5, 5.41) is 13.8. The van der Waals surface area contributed by atoms with Crippen LogP contribution in [0.1, 0.15) is 6.92 Å². The Labute approximate surface area is 73.3 Å². The van der Waals surface area contributed by atoms with Gasteiger partial charge in [-0.05, 0) is 22.9 Å². The van der Waals surface area contributed by atoms with E-state index in [9.17, 15) is 0 Å². The SMILES string of the molecule is C/C=C(/Br)C=NC(=N)C(=N)N. The Morgan fingerprint density at radius 2 is 2.09 bits per heavy atom. The molecule has 0 atom stereocenters. The fourth-order valence-electron chi connectivity index (χ4n) is 0.270. The van der Waals surface area contributed by atoms with E-state index in [4.69, 9.17) is 16.6 Å². The van der Waals surface area contributed by atoms with Crippen molar-refractivity contribution in [2.24, 2.45) is 10.7 Å². The first kappa shape index (κ1) is 10.0. The molecule has 0 aliphatic carbocycles. The minimum absolute atomic E-state index is 0.233. The summed E-state index contributed by atoms with van der Waals surface area (Å²) >= 11 is 3.16. The van der Waals surface area contributed by atoms with Crippen LogP contribution in [0.4, 0.5) is 0 Å². The second-order valence-electron chi connectivity index (χ2n) is 1.69. The Kier molecular flexibility index (Phi) is 4.36. The molecule has 0 aromatic rings. The number of halogens is 1. The summed E-state index contributed by atoms with van der Waals surface area (Å²) in [4.78, 5) is 3.59. The van der Waals surface area contributed by atoms with Crippen molar-refractivity contribution in [2.75, 3.05) is 0 Å². The third kappa shape index (κ3) is 4.44. The van der Waals surface area contributed by atoms with E-state index in [2.05, 4.69) is 20.9 Å². The zero-order valence-electron chi connectivity index (χ0n) is 6.06. The molecule has 0 unspecified atom stereocenters. The second kappa shape index (κ2) is 4.79. The van der Waals surface area contributed by atoms with Crippen molar-refractivity contribution in [3.05, 3.63) is 10.6 Å². The molecule has 0 aliphatic heterocycles. The van der Waals surface area contributed by atoms with Crippen LogP contribution >= 0.6 is 15.9 Å². The third-order valence-electron chi connectivity index (χ3n) is 0.848. The van der Waals surface area contributed by atoms with Gasteiger partial charge in [-0.15, -0.1) is 0 Å². The summed E-state index contributed by atoms with van der Waals surface area (Å²) in [7, 11) is 0. The molecule has 5 heteroatoms. The first-order valence-corrected chi connectivity index (χ1v) is 3.66. The fraction of sp³-hybridized carbons (Fsp3) is 0.167. The van der Waals surface area contributed by atoms with Crippen molar-refractivity contribution < 1.29 is 0 Å². The van der Waals surface area contributed by atoms with Gasteiger partial charge in [-0.3, -0.25) is 10.8 Å². The number of amidine groups is 2. The quantitative estimate of drug-likeness (QED) is 0.448. The summed E-state index contributed by atoms with van der Waals surface area (Å²) in [5.41, 5.74) is 4.97. The van der Waals surface area contributed by atoms with Crippen molar-refractivity contribution in [3.63, 3.8) is 0 Å². The predicted molar refractivity (Wildman–Crippen MR) is 50.8 cm³/mol. The maximum atomic E-state index is 7.02. The van der Waals surface area contributed by atoms with Crippen LogP contribution < -0.4 is 5.73 Å². The summed E-state index contributed by atoms with van der Waals surface area (Å²) in [6.07, 6.45) is 3.20. The Morgan fingerprint density at radius 3 is 2.45 bits per heavy atom. The lowest BCUT2D eigenvalue weighted by molar-refractivity contribution is 1.41. The smallest absolute Gasteiger partial charge is 0.187 e. The molecule has 0 bridgehead atoms. The monoisotopic (exact) mass is 216 g/mol. The highest BCUT2D eigenvalue weighted by Crippen LogP contribution is 1.99. The number of nitrogens with two attached hydrogens (primary N) is 1. The molecule has 0 spiro atoms. The van der Waals surface area contributed by atoms with E-state index in [0.717, 1.165) is 4.48 Å². The predicted octanol–water partition coefficient (Wildman–Crippen LogP) is 1.27. The molecule has 0 rings (SSSR count). The van der Waals surface area contributed by atoms with E-state index in [1.54, 1.807) is 6.08 Å². The Morgan fingerprint density at radius 1 is 1.55 bits per heavy atom. The van der Waals surface area contributed by atoms with Gasteiger partial charge in [0.15, 0.2) is 11.7 Å². The molecular formula is C6H9BrN4. The van der Waals surface area contributed by atoms with Crippen LogP contribution in [-0.4, -0.2) is 17.9 Å². The summed E-state index contributed by atoms with van der Waals surface area (Å²) in [6.45, 7) is 1.83. The molecule has 0 saturated carbocycles. The van der Waals surface area contributed by atoms with Crippen molar-refractivity contribution in [3.8, 4) is 0 Å². The summed E-state index contributed by atoms with van der Waals surface area (Å²) < 4.78 is 0.753. The summed E-state index contributed by atoms with van der Waals surface area (Å²) in [6, 6.07) is 0. The number of aliphatic imine (C=N–C) groups is 1. The molecular weight excluding hydrogens is 208 g/mol. The molecule has 0 saturated heterocycles. The van der Waals surface area contributed by atoms with Gasteiger partial charge in [0, 0.05) is 10.7 Å². The average molecular weight is 217 g/mol. The number of rotatable bonds is 1. The highest BCUT2D eigenvalue weighted by molar-refractivity contribution is 9.12. The molecule has 0 radical (unpaired) electrons. The van der Waals surface area contributed by atoms with E-state index in [-0.39, 0.29) is 11.7 Å². The van der Waals surface area contributed by atoms with E-state index < -0.39 is 0 Å². The van der Waals surface area contributed by atoms with E-state index in [0.29, 0.717) is 0 Å². The molecule has 60 valence electrons. The van der Waals surface area contributed by atoms with E-state index in [1.807, 2.05) is 6.92 Å². The van der Waals surface area contributed by atoms with Gasteiger partial charge in [0.05, 0.1) is 0 Å². The van der Waals surface area contributed by atoms with Crippen LogP contribution in [0.3, 0.4) is 0 Å². The number of hydrogen-bond acceptors (Lipinski definition) is 2. The Balaban J connectivity index is 4.15. The fourth-order valence-corrected chi connectivity index (χ4v) is 0.373. The Bertz CT molecular complexity index is 229. The molecule has 0 aromatic heterocycles. The van der Waals surface area contributed by atoms with Gasteiger partial charge in [-0.2, -0.15) is 0 Å². The number of nitrogens with zero attached hydrogens (tertiary/aromatic N) is 1. The van der Waals surface area contributed by atoms with Crippen molar-refractivity contribution in [1.29, 1.82) is 10.8 Å². The molecule has 4 nitrogen and oxygen atoms in total. The van der Waals surface area contributed by atoms with Gasteiger partial charge in [0.25, 0.3) is 0 Å². The first-order chi connectivity index (χ1) is 5.07. The minimum Gasteiger partial charge on any atom is -0.381 e. The van der Waals surface area contributed by atoms with Gasteiger partial charge in [-0.1, -0.05) is 6.08 Å². The van der Waals surface area contributed by atoms with Gasteiger partial charge in [0.2, 0.25) is 0 Å². The molecule has 0 aliphatic rings. The Hall–Kier alpha value is -0.970. The van der Waals surface area contributed by atoms with Crippen LogP contribution in [0.5, 0.6) is 0 Å². The van der Waals surface area contributed by atoms with Crippen LogP contribution in [0, 0.1) is 10.8 Å². The molecule has 0 amide bonds. The van der Waals surface area contributed by atoms with Gasteiger partial charge < -0.3 is 5.73 Å². The van der Waals surface area contributed by atoms with E-state index >= 15 is 0 Å². The largest absolute Gasteiger partial charge is 0.381 e. The summed E-state index contributed by atoms with van der Waals surface area (Å²) in [5.74, 6) is -0.568. The zero-order chi connectivity index (χ0) is 8.85. The standard InChI is InChI=1S/C6H9BrN4/c1-2-4(7)3-11-6(10)5(8)9/h2-3,10H,1H3,(H3,8,9)/b4-2+,10-6?,11-3?. The number of hydrogen-bond donors (Lipinski definition) is 3. The van der Waals surface area contributed by atoms with Gasteiger partial charge in [-0.25, -0.2) is 4.99 Å². The zero-order valence-corrected chi connectivity index (χ0v) is 7.64. The topological polar surface area (TPSA) is 86.1 Å². The molecule has 0 heterocycles. The van der Waals surface area contributed by atoms with Crippen LogP contribution in [0.2, 0.25) is 0 Å². The molecule has 11 heavy (non-hydrogen) atoms. The molecule has 4 N–H and O–H groups in total. The third-order valence-corrected chi connectivity index (χ3v) is 1.51. The van der Waals surface area contributed by atoms with Crippen molar-refractivity contribution in [1.82, 2.24) is 0 Å². The maximum absolute atomic E-state index is 7.02. The first-order valence-electron chi connectivity index (χ1n) is 2.86. The average Bonchev–Trinajstić information content (AvgIpc) is 1.99. The second-order valence-corrected chi connectivity index (χ2v) is 2.61.